The van der Waals surface area contributed by atoms with Crippen LogP contribution in [0, 0.1) is 11.8 Å². The summed E-state index contributed by atoms with van der Waals surface area (Å²) in [6.07, 6.45) is 7.87. The standard InChI is InChI=1S/C16H24Cl2O3/c1-20-14(19)16(18)12-7-4-2-3-6-11(12)13(17)10-15(16)8-5-9-21-15/h11-13H,2-10H2,1H3/t11-,12+,13-,15-,16-/m1/s1. The van der Waals surface area contributed by atoms with Crippen LogP contribution in [0.4, 0.5) is 0 Å². The molecule has 3 rings (SSSR count). The first-order chi connectivity index (χ1) is 10.0. The second-order valence-electron chi connectivity index (χ2n) is 6.78. The SMILES string of the molecule is COC(=O)[C@]1(Cl)[C@H]2CCCCC[C@H]2[C@H](Cl)C[C@]12CCCO2. The molecular weight excluding hydrogens is 311 g/mol. The summed E-state index contributed by atoms with van der Waals surface area (Å²) in [5.74, 6) is 0.0237. The summed E-state index contributed by atoms with van der Waals surface area (Å²) in [5.41, 5.74) is -0.639. The van der Waals surface area contributed by atoms with E-state index >= 15 is 0 Å². The van der Waals surface area contributed by atoms with Crippen molar-refractivity contribution >= 4 is 29.2 Å². The minimum atomic E-state index is -1.07. The summed E-state index contributed by atoms with van der Waals surface area (Å²) in [5, 5.41) is 0.0442. The zero-order valence-electron chi connectivity index (χ0n) is 12.6. The summed E-state index contributed by atoms with van der Waals surface area (Å²) in [4.78, 5) is 11.6. The highest BCUT2D eigenvalue weighted by atomic mass is 35.5. The zero-order chi connectivity index (χ0) is 15.1. The van der Waals surface area contributed by atoms with Crippen molar-refractivity contribution in [2.24, 2.45) is 11.8 Å². The molecule has 120 valence electrons. The summed E-state index contributed by atoms with van der Waals surface area (Å²) in [6, 6.07) is 0. The maximum Gasteiger partial charge on any atom is 0.330 e. The molecule has 0 aromatic carbocycles. The van der Waals surface area contributed by atoms with E-state index in [1.807, 2.05) is 0 Å². The fourth-order valence-corrected chi connectivity index (χ4v) is 5.97. The van der Waals surface area contributed by atoms with Crippen LogP contribution in [-0.4, -0.2) is 35.5 Å². The van der Waals surface area contributed by atoms with E-state index in [-0.39, 0.29) is 17.3 Å². The first-order valence-electron chi connectivity index (χ1n) is 8.10. The Kier molecular flexibility index (Phi) is 4.46. The van der Waals surface area contributed by atoms with Gasteiger partial charge in [0.15, 0.2) is 4.87 Å². The Hall–Kier alpha value is 0.01000. The quantitative estimate of drug-likeness (QED) is 0.539. The number of hydrogen-bond donors (Lipinski definition) is 0. The van der Waals surface area contributed by atoms with Crippen molar-refractivity contribution in [3.8, 4) is 0 Å². The van der Waals surface area contributed by atoms with Crippen LogP contribution in [0.3, 0.4) is 0 Å². The van der Waals surface area contributed by atoms with Crippen LogP contribution in [-0.2, 0) is 14.3 Å². The summed E-state index contributed by atoms with van der Waals surface area (Å²) in [6.45, 7) is 0.659. The lowest BCUT2D eigenvalue weighted by molar-refractivity contribution is -0.165. The molecule has 21 heavy (non-hydrogen) atoms. The number of alkyl halides is 2. The van der Waals surface area contributed by atoms with Gasteiger partial charge in [-0.15, -0.1) is 23.2 Å². The smallest absolute Gasteiger partial charge is 0.330 e. The van der Waals surface area contributed by atoms with Crippen LogP contribution in [0.15, 0.2) is 0 Å². The number of hydrogen-bond acceptors (Lipinski definition) is 3. The normalized spacial score (nSPS) is 46.9. The molecule has 3 nitrogen and oxygen atoms in total. The molecule has 5 atom stereocenters. The molecule has 1 saturated heterocycles. The molecule has 0 unspecified atom stereocenters. The molecule has 3 aliphatic rings. The molecule has 1 spiro atoms. The van der Waals surface area contributed by atoms with Crippen LogP contribution in [0.1, 0.15) is 51.4 Å². The molecule has 3 fully saturated rings. The van der Waals surface area contributed by atoms with Crippen molar-refractivity contribution in [2.75, 3.05) is 13.7 Å². The molecular formula is C16H24Cl2O3. The molecule has 0 aromatic rings. The number of esters is 1. The first kappa shape index (κ1) is 15.9. The molecule has 0 radical (unpaired) electrons. The van der Waals surface area contributed by atoms with Crippen LogP contribution in [0.5, 0.6) is 0 Å². The van der Waals surface area contributed by atoms with Crippen molar-refractivity contribution in [2.45, 2.75) is 67.2 Å². The lowest BCUT2D eigenvalue weighted by Crippen LogP contribution is -2.66. The van der Waals surface area contributed by atoms with Gasteiger partial charge in [-0.25, -0.2) is 0 Å². The highest BCUT2D eigenvalue weighted by molar-refractivity contribution is 6.36. The molecule has 0 aromatic heterocycles. The molecule has 0 amide bonds. The number of carbonyl (C=O) groups excluding carboxylic acids is 1. The van der Waals surface area contributed by atoms with Gasteiger partial charge in [0.2, 0.25) is 0 Å². The van der Waals surface area contributed by atoms with E-state index in [1.165, 1.54) is 20.0 Å². The highest BCUT2D eigenvalue weighted by Crippen LogP contribution is 2.59. The molecule has 5 heteroatoms. The van der Waals surface area contributed by atoms with Gasteiger partial charge in [0.05, 0.1) is 12.7 Å². The molecule has 0 bridgehead atoms. The van der Waals surface area contributed by atoms with Gasteiger partial charge in [-0.2, -0.15) is 0 Å². The van der Waals surface area contributed by atoms with Crippen molar-refractivity contribution in [1.82, 2.24) is 0 Å². The minimum absolute atomic E-state index is 0.0442. The lowest BCUT2D eigenvalue weighted by atomic mass is 9.60. The lowest BCUT2D eigenvalue weighted by Gasteiger charge is -2.54. The van der Waals surface area contributed by atoms with E-state index in [1.54, 1.807) is 0 Å². The number of ether oxygens (including phenoxy) is 2. The second-order valence-corrected chi connectivity index (χ2v) is 7.93. The van der Waals surface area contributed by atoms with Gasteiger partial charge in [0.1, 0.15) is 0 Å². The maximum absolute atomic E-state index is 12.6. The Morgan fingerprint density at radius 2 is 2.00 bits per heavy atom. The van der Waals surface area contributed by atoms with Crippen molar-refractivity contribution in [3.05, 3.63) is 0 Å². The predicted molar refractivity (Wildman–Crippen MR) is 82.8 cm³/mol. The van der Waals surface area contributed by atoms with Gasteiger partial charge >= 0.3 is 5.97 Å². The van der Waals surface area contributed by atoms with E-state index in [0.717, 1.165) is 32.1 Å². The maximum atomic E-state index is 12.6. The molecule has 0 N–H and O–H groups in total. The van der Waals surface area contributed by atoms with Gasteiger partial charge in [-0.05, 0) is 43.9 Å². The third kappa shape index (κ3) is 2.31. The molecule has 1 aliphatic heterocycles. The third-order valence-corrected chi connectivity index (χ3v) is 7.08. The zero-order valence-corrected chi connectivity index (χ0v) is 14.1. The first-order valence-corrected chi connectivity index (χ1v) is 8.92. The van der Waals surface area contributed by atoms with Crippen LogP contribution < -0.4 is 0 Å². The monoisotopic (exact) mass is 334 g/mol. The van der Waals surface area contributed by atoms with Crippen LogP contribution in [0.2, 0.25) is 0 Å². The number of rotatable bonds is 1. The Morgan fingerprint density at radius 3 is 2.67 bits per heavy atom. The average Bonchev–Trinajstić information content (AvgIpc) is 2.80. The Morgan fingerprint density at radius 1 is 1.24 bits per heavy atom. The van der Waals surface area contributed by atoms with Crippen LogP contribution in [0.25, 0.3) is 0 Å². The van der Waals surface area contributed by atoms with E-state index in [2.05, 4.69) is 0 Å². The summed E-state index contributed by atoms with van der Waals surface area (Å²) >= 11 is 13.8. The van der Waals surface area contributed by atoms with E-state index in [0.29, 0.717) is 18.9 Å². The Balaban J connectivity index is 2.04. The number of methoxy groups -OCH3 is 1. The third-order valence-electron chi connectivity index (χ3n) is 5.82. The topological polar surface area (TPSA) is 35.5 Å². The number of carbonyl (C=O) groups is 1. The molecule has 1 heterocycles. The average molecular weight is 335 g/mol. The van der Waals surface area contributed by atoms with Crippen molar-refractivity contribution in [1.29, 1.82) is 0 Å². The predicted octanol–water partition coefficient (Wildman–Crippen LogP) is 3.89. The highest BCUT2D eigenvalue weighted by Gasteiger charge is 2.68. The largest absolute Gasteiger partial charge is 0.468 e. The van der Waals surface area contributed by atoms with E-state index in [4.69, 9.17) is 32.7 Å². The summed E-state index contributed by atoms with van der Waals surface area (Å²) in [7, 11) is 1.42. The Labute approximate surface area is 136 Å². The fraction of sp³-hybridized carbons (Fsp3) is 0.938. The fourth-order valence-electron chi connectivity index (χ4n) is 4.85. The number of halogens is 2. The molecule has 2 aliphatic carbocycles. The second kappa shape index (κ2) is 5.90. The van der Waals surface area contributed by atoms with E-state index < -0.39 is 10.5 Å². The van der Waals surface area contributed by atoms with Gasteiger partial charge in [-0.1, -0.05) is 19.3 Å². The van der Waals surface area contributed by atoms with Gasteiger partial charge in [-0.3, -0.25) is 4.79 Å². The summed E-state index contributed by atoms with van der Waals surface area (Å²) < 4.78 is 11.2. The van der Waals surface area contributed by atoms with Crippen LogP contribution >= 0.6 is 23.2 Å². The van der Waals surface area contributed by atoms with Gasteiger partial charge < -0.3 is 9.47 Å². The van der Waals surface area contributed by atoms with Crippen molar-refractivity contribution in [3.63, 3.8) is 0 Å². The van der Waals surface area contributed by atoms with Crippen molar-refractivity contribution < 1.29 is 14.3 Å². The minimum Gasteiger partial charge on any atom is -0.468 e. The Bertz CT molecular complexity index is 408. The van der Waals surface area contributed by atoms with E-state index in [9.17, 15) is 4.79 Å². The molecule has 2 saturated carbocycles. The number of fused-ring (bicyclic) bond motifs is 1. The van der Waals surface area contributed by atoms with Gasteiger partial charge in [0, 0.05) is 12.0 Å². The van der Waals surface area contributed by atoms with Gasteiger partial charge in [0.25, 0.3) is 0 Å².